The maximum absolute atomic E-state index is 12.1. The number of carbonyl (C=O) groups is 2. The average Bonchev–Trinajstić information content (AvgIpc) is 3.01. The molecular weight excluding hydrogens is 288 g/mol. The summed E-state index contributed by atoms with van der Waals surface area (Å²) in [5.74, 6) is -0.119. The van der Waals surface area contributed by atoms with Crippen LogP contribution in [0.3, 0.4) is 0 Å². The molecule has 2 atom stereocenters. The summed E-state index contributed by atoms with van der Waals surface area (Å²) < 4.78 is 0. The standard InChI is InChI=1S/C20H28O3/c1-2-3-4-5-6-19(21)17-10-7-15(8-11-17)13-16-9-12-18(14-16)20(22)23/h7-8,10-11,16,18H,2-6,9,12-14H2,1H3,(H,22,23). The topological polar surface area (TPSA) is 54.4 Å². The minimum atomic E-state index is -0.656. The van der Waals surface area contributed by atoms with Crippen LogP contribution >= 0.6 is 0 Å². The predicted octanol–water partition coefficient (Wildman–Crippen LogP) is 4.88. The number of hydrogen-bond acceptors (Lipinski definition) is 2. The Kier molecular flexibility index (Phi) is 6.82. The van der Waals surface area contributed by atoms with Gasteiger partial charge in [-0.25, -0.2) is 0 Å². The van der Waals surface area contributed by atoms with Crippen LogP contribution in [0.2, 0.25) is 0 Å². The molecule has 0 amide bonds. The molecule has 1 aliphatic rings. The van der Waals surface area contributed by atoms with Gasteiger partial charge in [0.25, 0.3) is 0 Å². The van der Waals surface area contributed by atoms with Gasteiger partial charge in [-0.1, -0.05) is 50.5 Å². The first kappa shape index (κ1) is 17.7. The summed E-state index contributed by atoms with van der Waals surface area (Å²) in [7, 11) is 0. The van der Waals surface area contributed by atoms with E-state index in [0.717, 1.165) is 44.1 Å². The van der Waals surface area contributed by atoms with Crippen molar-refractivity contribution in [2.45, 2.75) is 64.7 Å². The van der Waals surface area contributed by atoms with Crippen LogP contribution in [0.5, 0.6) is 0 Å². The number of carboxylic acids is 1. The molecule has 0 aliphatic heterocycles. The molecule has 1 fully saturated rings. The highest BCUT2D eigenvalue weighted by Gasteiger charge is 2.29. The largest absolute Gasteiger partial charge is 0.481 e. The molecule has 23 heavy (non-hydrogen) atoms. The molecule has 3 heteroatoms. The van der Waals surface area contributed by atoms with E-state index in [1.165, 1.54) is 18.4 Å². The lowest BCUT2D eigenvalue weighted by molar-refractivity contribution is -0.141. The normalized spacial score (nSPS) is 20.6. The molecule has 0 aromatic heterocycles. The summed E-state index contributed by atoms with van der Waals surface area (Å²) in [6.07, 6.45) is 8.64. The van der Waals surface area contributed by atoms with Crippen LogP contribution in [0.4, 0.5) is 0 Å². The number of rotatable bonds is 9. The highest BCUT2D eigenvalue weighted by Crippen LogP contribution is 2.33. The number of benzene rings is 1. The van der Waals surface area contributed by atoms with Crippen molar-refractivity contribution in [1.82, 2.24) is 0 Å². The molecule has 1 aromatic rings. The number of carbonyl (C=O) groups excluding carboxylic acids is 1. The van der Waals surface area contributed by atoms with Crippen molar-refractivity contribution in [3.63, 3.8) is 0 Å². The minimum Gasteiger partial charge on any atom is -0.481 e. The van der Waals surface area contributed by atoms with Crippen LogP contribution in [-0.2, 0) is 11.2 Å². The number of Topliss-reactive ketones (excluding diaryl/α,β-unsaturated/α-hetero) is 1. The Morgan fingerprint density at radius 3 is 2.43 bits per heavy atom. The highest BCUT2D eigenvalue weighted by molar-refractivity contribution is 5.96. The zero-order chi connectivity index (χ0) is 16.7. The Hall–Kier alpha value is -1.64. The second-order valence-corrected chi connectivity index (χ2v) is 6.85. The van der Waals surface area contributed by atoms with Gasteiger partial charge in [-0.05, 0) is 43.6 Å². The molecule has 0 spiro atoms. The summed E-state index contributed by atoms with van der Waals surface area (Å²) in [6.45, 7) is 2.17. The molecule has 0 heterocycles. The lowest BCUT2D eigenvalue weighted by atomic mass is 9.95. The number of carboxylic acid groups (broad SMARTS) is 1. The monoisotopic (exact) mass is 316 g/mol. The van der Waals surface area contributed by atoms with Crippen molar-refractivity contribution in [1.29, 1.82) is 0 Å². The van der Waals surface area contributed by atoms with Gasteiger partial charge in [0.05, 0.1) is 5.92 Å². The molecule has 1 aliphatic carbocycles. The van der Waals surface area contributed by atoms with Crippen LogP contribution in [0, 0.1) is 11.8 Å². The van der Waals surface area contributed by atoms with Crippen LogP contribution in [0.1, 0.15) is 74.2 Å². The summed E-state index contributed by atoms with van der Waals surface area (Å²) in [6, 6.07) is 7.93. The first-order valence-electron chi connectivity index (χ1n) is 8.95. The maximum atomic E-state index is 12.1. The molecule has 1 aromatic carbocycles. The Morgan fingerprint density at radius 1 is 1.09 bits per heavy atom. The molecule has 2 unspecified atom stereocenters. The van der Waals surface area contributed by atoms with Crippen LogP contribution in [0.15, 0.2) is 24.3 Å². The molecule has 2 rings (SSSR count). The first-order valence-corrected chi connectivity index (χ1v) is 8.95. The molecule has 1 N–H and O–H groups in total. The Bertz CT molecular complexity index is 518. The van der Waals surface area contributed by atoms with E-state index in [2.05, 4.69) is 6.92 Å². The third kappa shape index (κ3) is 5.49. The van der Waals surface area contributed by atoms with E-state index in [-0.39, 0.29) is 11.7 Å². The van der Waals surface area contributed by atoms with Crippen LogP contribution < -0.4 is 0 Å². The van der Waals surface area contributed by atoms with Gasteiger partial charge in [-0.3, -0.25) is 9.59 Å². The van der Waals surface area contributed by atoms with Crippen LogP contribution in [-0.4, -0.2) is 16.9 Å². The number of ketones is 1. The fourth-order valence-corrected chi connectivity index (χ4v) is 3.50. The first-order chi connectivity index (χ1) is 11.1. The van der Waals surface area contributed by atoms with Gasteiger partial charge in [-0.2, -0.15) is 0 Å². The van der Waals surface area contributed by atoms with Crippen molar-refractivity contribution in [3.05, 3.63) is 35.4 Å². The smallest absolute Gasteiger partial charge is 0.306 e. The summed E-state index contributed by atoms with van der Waals surface area (Å²) >= 11 is 0. The zero-order valence-electron chi connectivity index (χ0n) is 14.1. The molecule has 1 saturated carbocycles. The lowest BCUT2D eigenvalue weighted by Gasteiger charge is -2.10. The number of hydrogen-bond donors (Lipinski definition) is 1. The predicted molar refractivity (Wildman–Crippen MR) is 91.7 cm³/mol. The van der Waals surface area contributed by atoms with Crippen molar-refractivity contribution in [2.24, 2.45) is 11.8 Å². The fourth-order valence-electron chi connectivity index (χ4n) is 3.50. The van der Waals surface area contributed by atoms with Crippen molar-refractivity contribution in [2.75, 3.05) is 0 Å². The van der Waals surface area contributed by atoms with Gasteiger partial charge < -0.3 is 5.11 Å². The van der Waals surface area contributed by atoms with Crippen LogP contribution in [0.25, 0.3) is 0 Å². The molecule has 126 valence electrons. The summed E-state index contributed by atoms with van der Waals surface area (Å²) in [5, 5.41) is 9.06. The van der Waals surface area contributed by atoms with E-state index in [0.29, 0.717) is 12.3 Å². The second kappa shape index (κ2) is 8.85. The average molecular weight is 316 g/mol. The molecule has 0 radical (unpaired) electrons. The molecule has 0 saturated heterocycles. The van der Waals surface area contributed by atoms with Gasteiger partial charge in [0, 0.05) is 12.0 Å². The Balaban J connectivity index is 1.80. The third-order valence-corrected chi connectivity index (χ3v) is 4.95. The fraction of sp³-hybridized carbons (Fsp3) is 0.600. The van der Waals surface area contributed by atoms with Gasteiger partial charge >= 0.3 is 5.97 Å². The Morgan fingerprint density at radius 2 is 1.83 bits per heavy atom. The van der Waals surface area contributed by atoms with E-state index < -0.39 is 5.97 Å². The molecule has 3 nitrogen and oxygen atoms in total. The van der Waals surface area contributed by atoms with Crippen molar-refractivity contribution < 1.29 is 14.7 Å². The lowest BCUT2D eigenvalue weighted by Crippen LogP contribution is -2.10. The maximum Gasteiger partial charge on any atom is 0.306 e. The zero-order valence-corrected chi connectivity index (χ0v) is 14.1. The SMILES string of the molecule is CCCCCCC(=O)c1ccc(CC2CCC(C(=O)O)C2)cc1. The summed E-state index contributed by atoms with van der Waals surface area (Å²) in [5.41, 5.74) is 2.02. The molecule has 0 bridgehead atoms. The molecular formula is C20H28O3. The Labute approximate surface area is 139 Å². The van der Waals surface area contributed by atoms with Gasteiger partial charge in [0.15, 0.2) is 5.78 Å². The number of unbranched alkanes of at least 4 members (excludes halogenated alkanes) is 3. The van der Waals surface area contributed by atoms with E-state index in [9.17, 15) is 9.59 Å². The highest BCUT2D eigenvalue weighted by atomic mass is 16.4. The van der Waals surface area contributed by atoms with E-state index in [1.54, 1.807) is 0 Å². The minimum absolute atomic E-state index is 0.163. The second-order valence-electron chi connectivity index (χ2n) is 6.85. The van der Waals surface area contributed by atoms with Crippen molar-refractivity contribution >= 4 is 11.8 Å². The van der Waals surface area contributed by atoms with E-state index in [1.807, 2.05) is 24.3 Å². The van der Waals surface area contributed by atoms with Gasteiger partial charge in [0.2, 0.25) is 0 Å². The summed E-state index contributed by atoms with van der Waals surface area (Å²) in [4.78, 5) is 23.1. The van der Waals surface area contributed by atoms with Crippen molar-refractivity contribution in [3.8, 4) is 0 Å². The van der Waals surface area contributed by atoms with Gasteiger partial charge in [-0.15, -0.1) is 0 Å². The van der Waals surface area contributed by atoms with E-state index in [4.69, 9.17) is 5.11 Å². The quantitative estimate of drug-likeness (QED) is 0.521. The van der Waals surface area contributed by atoms with E-state index >= 15 is 0 Å². The third-order valence-electron chi connectivity index (χ3n) is 4.95. The number of aliphatic carboxylic acids is 1. The van der Waals surface area contributed by atoms with Gasteiger partial charge in [0.1, 0.15) is 0 Å².